The van der Waals surface area contributed by atoms with Crippen molar-refractivity contribution in [3.63, 3.8) is 0 Å². The van der Waals surface area contributed by atoms with Gasteiger partial charge in [0.2, 0.25) is 0 Å². The van der Waals surface area contributed by atoms with Gasteiger partial charge in [-0.15, -0.1) is 0 Å². The molecule has 0 unspecified atom stereocenters. The minimum absolute atomic E-state index is 0.0124. The molecule has 1 aromatic heterocycles. The van der Waals surface area contributed by atoms with E-state index in [2.05, 4.69) is 0 Å². The first-order valence-electron chi connectivity index (χ1n) is 22.1. The molecule has 0 amide bonds. The third kappa shape index (κ3) is 4.24. The fourth-order valence-electron chi connectivity index (χ4n) is 5.95. The van der Waals surface area contributed by atoms with Gasteiger partial charge in [0, 0.05) is 10.8 Å². The van der Waals surface area contributed by atoms with Gasteiger partial charge in [-0.1, -0.05) is 139 Å². The van der Waals surface area contributed by atoms with E-state index in [-0.39, 0.29) is 51.2 Å². The van der Waals surface area contributed by atoms with Crippen LogP contribution in [0.25, 0.3) is 88.0 Å². The van der Waals surface area contributed by atoms with E-state index in [9.17, 15) is 5.48 Å². The van der Waals surface area contributed by atoms with Gasteiger partial charge in [0.1, 0.15) is 11.2 Å². The van der Waals surface area contributed by atoms with Gasteiger partial charge in [-0.25, -0.2) is 0 Å². The summed E-state index contributed by atoms with van der Waals surface area (Å²) in [7, 11) is 0. The summed E-state index contributed by atoms with van der Waals surface area (Å²) in [6.07, 6.45) is 0. The lowest BCUT2D eigenvalue weighted by Crippen LogP contribution is -1.91. The Morgan fingerprint density at radius 1 is 0.356 bits per heavy atom. The summed E-state index contributed by atoms with van der Waals surface area (Å²) in [6.45, 7) is 0. The van der Waals surface area contributed by atoms with Crippen LogP contribution in [0, 0.1) is 0 Å². The predicted molar refractivity (Wildman–Crippen MR) is 190 cm³/mol. The lowest BCUT2D eigenvalue weighted by molar-refractivity contribution is 0.669. The van der Waals surface area contributed by atoms with Crippen LogP contribution in [0.4, 0.5) is 0 Å². The molecule has 0 radical (unpaired) electrons. The molecule has 0 spiro atoms. The van der Waals surface area contributed by atoms with Gasteiger partial charge >= 0.3 is 0 Å². The fourth-order valence-corrected chi connectivity index (χ4v) is 5.95. The van der Waals surface area contributed by atoms with E-state index >= 15 is 0 Å². The summed E-state index contributed by atoms with van der Waals surface area (Å²) in [5.74, 6) is 0. The van der Waals surface area contributed by atoms with Crippen LogP contribution < -0.4 is 0 Å². The van der Waals surface area contributed by atoms with E-state index < -0.39 is 89.7 Å². The van der Waals surface area contributed by atoms with Crippen LogP contribution in [-0.2, 0) is 0 Å². The van der Waals surface area contributed by atoms with Crippen LogP contribution in [-0.4, -0.2) is 0 Å². The number of hydrogen-bond acceptors (Lipinski definition) is 1. The second kappa shape index (κ2) is 10.4. The van der Waals surface area contributed by atoms with Gasteiger partial charge in [0.15, 0.2) is 0 Å². The standard InChI is InChI=1S/C44H28O/c1-3-12-29(13-4-1)31-16-11-17-33(26-31)43-36-18-7-9-20-38(36)44(39-21-10-8-19-37(39)43)34-22-24-35-40-27-32(30-14-5-2-6-15-30)23-25-41(40)45-42(35)28-34/h1-28H/i1D,2D,3D,4D,5D,6D,12D,13D,14D,15D,22D,23D,24D,25D,27D,28D. The molecule has 1 heterocycles. The van der Waals surface area contributed by atoms with Crippen molar-refractivity contribution >= 4 is 43.5 Å². The van der Waals surface area contributed by atoms with Crippen LogP contribution >= 0.6 is 0 Å². The van der Waals surface area contributed by atoms with E-state index in [1.165, 1.54) is 0 Å². The van der Waals surface area contributed by atoms with E-state index in [1.807, 2.05) is 42.5 Å². The van der Waals surface area contributed by atoms with Gasteiger partial charge in [0.25, 0.3) is 0 Å². The normalized spacial score (nSPS) is 16.5. The number of rotatable bonds is 4. The van der Waals surface area contributed by atoms with Crippen molar-refractivity contribution in [1.29, 1.82) is 0 Å². The molecule has 0 saturated heterocycles. The highest BCUT2D eigenvalue weighted by Crippen LogP contribution is 2.45. The molecule has 8 aromatic carbocycles. The van der Waals surface area contributed by atoms with Crippen LogP contribution in [0.1, 0.15) is 21.9 Å². The minimum Gasteiger partial charge on any atom is -0.456 e. The molecule has 0 fully saturated rings. The average molecular weight is 589 g/mol. The van der Waals surface area contributed by atoms with Gasteiger partial charge in [-0.05, 0) is 96.3 Å². The van der Waals surface area contributed by atoms with Crippen molar-refractivity contribution in [3.05, 3.63) is 169 Å². The molecular formula is C44H28O. The fraction of sp³-hybridized carbons (Fsp3) is 0. The third-order valence-electron chi connectivity index (χ3n) is 7.88. The minimum atomic E-state index is -0.696. The summed E-state index contributed by atoms with van der Waals surface area (Å²) in [5, 5.41) is 2.14. The van der Waals surface area contributed by atoms with Gasteiger partial charge in [-0.3, -0.25) is 0 Å². The van der Waals surface area contributed by atoms with Crippen molar-refractivity contribution in [2.75, 3.05) is 0 Å². The Bertz CT molecular complexity index is 3330. The third-order valence-corrected chi connectivity index (χ3v) is 7.88. The molecule has 210 valence electrons. The molecule has 0 N–H and O–H groups in total. The molecule has 0 aliphatic heterocycles. The highest BCUT2D eigenvalue weighted by atomic mass is 16.3. The zero-order valence-corrected chi connectivity index (χ0v) is 23.3. The van der Waals surface area contributed by atoms with Crippen LogP contribution in [0.3, 0.4) is 0 Å². The molecule has 0 saturated carbocycles. The molecule has 0 atom stereocenters. The molecule has 1 nitrogen and oxygen atoms in total. The average Bonchev–Trinajstić information content (AvgIpc) is 3.68. The zero-order chi connectivity index (χ0) is 43.7. The van der Waals surface area contributed by atoms with Gasteiger partial charge in [0.05, 0.1) is 21.9 Å². The van der Waals surface area contributed by atoms with E-state index in [1.54, 1.807) is 30.3 Å². The molecule has 9 aromatic rings. The SMILES string of the molecule is [2H]c1c([2H])c([2H])c(-c2cccc(-c3c4ccccc4c(-c4c([2H])c([2H])c5c(oc6c([2H])c([2H])c(-c7c([2H])c([2H])c([2H])c([2H])c7[2H])c([2H])c65)c4[2H])c4ccccc34)c2)c([2H])c1[2H]. The number of fused-ring (bicyclic) bond motifs is 5. The first-order chi connectivity index (χ1) is 29.0. The predicted octanol–water partition coefficient (Wildman–Crippen LogP) is 12.6. The second-order valence-electron chi connectivity index (χ2n) is 10.4. The van der Waals surface area contributed by atoms with Crippen LogP contribution in [0.2, 0.25) is 0 Å². The molecule has 0 aliphatic carbocycles. The lowest BCUT2D eigenvalue weighted by atomic mass is 9.85. The lowest BCUT2D eigenvalue weighted by Gasteiger charge is -2.18. The highest BCUT2D eigenvalue weighted by molar-refractivity contribution is 6.22. The summed E-state index contributed by atoms with van der Waals surface area (Å²) in [5.41, 5.74) is 0.765. The van der Waals surface area contributed by atoms with Crippen molar-refractivity contribution in [2.45, 2.75) is 0 Å². The maximum Gasteiger partial charge on any atom is 0.136 e. The van der Waals surface area contributed by atoms with Crippen molar-refractivity contribution in [3.8, 4) is 44.5 Å². The maximum atomic E-state index is 9.61. The van der Waals surface area contributed by atoms with E-state index in [4.69, 9.17) is 20.9 Å². The van der Waals surface area contributed by atoms with Crippen LogP contribution in [0.15, 0.2) is 174 Å². The van der Waals surface area contributed by atoms with E-state index in [0.29, 0.717) is 38.2 Å². The molecule has 1 heteroatoms. The summed E-state index contributed by atoms with van der Waals surface area (Å²) >= 11 is 0. The van der Waals surface area contributed by atoms with Gasteiger partial charge in [-0.2, -0.15) is 0 Å². The largest absolute Gasteiger partial charge is 0.456 e. The monoisotopic (exact) mass is 588 g/mol. The summed E-state index contributed by atoms with van der Waals surface area (Å²) in [6, 6.07) is 13.1. The number of hydrogen-bond donors (Lipinski definition) is 0. The Labute approximate surface area is 284 Å². The quantitative estimate of drug-likeness (QED) is 0.186. The first kappa shape index (κ1) is 14.2. The van der Waals surface area contributed by atoms with Gasteiger partial charge < -0.3 is 4.42 Å². The first-order valence-corrected chi connectivity index (χ1v) is 14.1. The Kier molecular flexibility index (Phi) is 3.28. The Hall–Kier alpha value is -5.92. The molecule has 45 heavy (non-hydrogen) atoms. The smallest absolute Gasteiger partial charge is 0.136 e. The Balaban J connectivity index is 1.34. The summed E-state index contributed by atoms with van der Waals surface area (Å²) < 4.78 is 145. The Morgan fingerprint density at radius 2 is 0.911 bits per heavy atom. The van der Waals surface area contributed by atoms with E-state index in [0.717, 1.165) is 5.56 Å². The maximum absolute atomic E-state index is 9.61. The zero-order valence-electron chi connectivity index (χ0n) is 39.3. The topological polar surface area (TPSA) is 13.1 Å². The second-order valence-corrected chi connectivity index (χ2v) is 10.4. The van der Waals surface area contributed by atoms with Crippen molar-refractivity contribution in [1.82, 2.24) is 0 Å². The molecule has 0 bridgehead atoms. The highest BCUT2D eigenvalue weighted by Gasteiger charge is 2.18. The molecule has 0 aliphatic rings. The number of benzene rings is 8. The molecule has 9 rings (SSSR count). The summed E-state index contributed by atoms with van der Waals surface area (Å²) in [4.78, 5) is 0. The Morgan fingerprint density at radius 3 is 1.56 bits per heavy atom. The molecular weight excluding hydrogens is 544 g/mol. The van der Waals surface area contributed by atoms with Crippen LogP contribution in [0.5, 0.6) is 0 Å². The number of furan rings is 1. The van der Waals surface area contributed by atoms with Crippen molar-refractivity contribution in [2.24, 2.45) is 0 Å². The van der Waals surface area contributed by atoms with Crippen molar-refractivity contribution < 1.29 is 26.3 Å².